The second-order valence-corrected chi connectivity index (χ2v) is 8.43. The average Bonchev–Trinajstić information content (AvgIpc) is 3.13. The first-order valence-electron chi connectivity index (χ1n) is 11.1. The molecular formula is C23H26FN7O4. The first kappa shape index (κ1) is 24.2. The molecule has 11 nitrogen and oxygen atoms in total. The number of halogens is 1. The van der Waals surface area contributed by atoms with Crippen molar-refractivity contribution in [2.24, 2.45) is 0 Å². The van der Waals surface area contributed by atoms with Crippen LogP contribution in [0.1, 0.15) is 33.0 Å². The SMILES string of the molecule is COc1nc2nnc(C(=O)C(=O)N(C)C)n2cc1C(=O)N1CCCN(Cc2ccc(F)cc2)CC1. The Bertz CT molecular complexity index is 1260. The molecular weight excluding hydrogens is 457 g/mol. The van der Waals surface area contributed by atoms with Gasteiger partial charge in [0.2, 0.25) is 11.7 Å². The van der Waals surface area contributed by atoms with Gasteiger partial charge in [0, 0.05) is 53.0 Å². The van der Waals surface area contributed by atoms with E-state index in [0.29, 0.717) is 26.2 Å². The molecule has 0 spiro atoms. The van der Waals surface area contributed by atoms with E-state index in [1.54, 1.807) is 17.0 Å². The number of fused-ring (bicyclic) bond motifs is 1. The number of methoxy groups -OCH3 is 1. The summed E-state index contributed by atoms with van der Waals surface area (Å²) < 4.78 is 19.7. The number of likely N-dealkylation sites (N-methyl/N-ethyl adjacent to an activating group) is 1. The van der Waals surface area contributed by atoms with Gasteiger partial charge in [0.15, 0.2) is 0 Å². The number of amides is 2. The van der Waals surface area contributed by atoms with Gasteiger partial charge < -0.3 is 14.5 Å². The van der Waals surface area contributed by atoms with Crippen molar-refractivity contribution in [3.8, 4) is 5.88 Å². The van der Waals surface area contributed by atoms with Gasteiger partial charge in [-0.1, -0.05) is 12.1 Å². The fourth-order valence-electron chi connectivity index (χ4n) is 3.92. The fourth-order valence-corrected chi connectivity index (χ4v) is 3.92. The van der Waals surface area contributed by atoms with Gasteiger partial charge in [-0.15, -0.1) is 10.2 Å². The van der Waals surface area contributed by atoms with Crippen molar-refractivity contribution in [1.29, 1.82) is 0 Å². The zero-order valence-corrected chi connectivity index (χ0v) is 19.8. The highest BCUT2D eigenvalue weighted by molar-refractivity contribution is 6.41. The highest BCUT2D eigenvalue weighted by Gasteiger charge is 2.28. The topological polar surface area (TPSA) is 113 Å². The maximum atomic E-state index is 13.5. The van der Waals surface area contributed by atoms with E-state index in [-0.39, 0.29) is 34.8 Å². The molecule has 0 saturated carbocycles. The number of aromatic nitrogens is 4. The normalized spacial score (nSPS) is 14.6. The molecule has 0 radical (unpaired) electrons. The van der Waals surface area contributed by atoms with Crippen LogP contribution in [0.25, 0.3) is 5.78 Å². The maximum absolute atomic E-state index is 13.5. The van der Waals surface area contributed by atoms with Crippen LogP contribution in [0.15, 0.2) is 30.5 Å². The first-order chi connectivity index (χ1) is 16.8. The molecule has 0 atom stereocenters. The highest BCUT2D eigenvalue weighted by Crippen LogP contribution is 2.21. The minimum absolute atomic E-state index is 0.0367. The van der Waals surface area contributed by atoms with Gasteiger partial charge in [-0.05, 0) is 24.1 Å². The van der Waals surface area contributed by atoms with Gasteiger partial charge in [0.25, 0.3) is 23.4 Å². The molecule has 0 bridgehead atoms. The summed E-state index contributed by atoms with van der Waals surface area (Å²) in [7, 11) is 4.30. The first-order valence-corrected chi connectivity index (χ1v) is 11.1. The molecule has 1 saturated heterocycles. The number of carbonyl (C=O) groups excluding carboxylic acids is 3. The van der Waals surface area contributed by atoms with E-state index in [9.17, 15) is 18.8 Å². The van der Waals surface area contributed by atoms with Crippen molar-refractivity contribution in [1.82, 2.24) is 34.3 Å². The van der Waals surface area contributed by atoms with Crippen LogP contribution in [-0.2, 0) is 11.3 Å². The Morgan fingerprint density at radius 3 is 2.49 bits per heavy atom. The van der Waals surface area contributed by atoms with Crippen LogP contribution in [-0.4, -0.2) is 99.3 Å². The lowest BCUT2D eigenvalue weighted by atomic mass is 10.2. The lowest BCUT2D eigenvalue weighted by molar-refractivity contribution is -0.124. The monoisotopic (exact) mass is 483 g/mol. The number of benzene rings is 1. The number of hydrogen-bond donors (Lipinski definition) is 0. The van der Waals surface area contributed by atoms with Crippen molar-refractivity contribution in [2.45, 2.75) is 13.0 Å². The molecule has 1 aliphatic heterocycles. The average molecular weight is 484 g/mol. The Hall–Kier alpha value is -3.93. The lowest BCUT2D eigenvalue weighted by Crippen LogP contribution is -2.35. The molecule has 2 aromatic heterocycles. The smallest absolute Gasteiger partial charge is 0.297 e. The van der Waals surface area contributed by atoms with Gasteiger partial charge in [0.05, 0.1) is 7.11 Å². The molecule has 0 unspecified atom stereocenters. The van der Waals surface area contributed by atoms with E-state index in [0.717, 1.165) is 23.4 Å². The maximum Gasteiger partial charge on any atom is 0.297 e. The van der Waals surface area contributed by atoms with Crippen LogP contribution in [0.2, 0.25) is 0 Å². The molecule has 0 N–H and O–H groups in total. The molecule has 184 valence electrons. The van der Waals surface area contributed by atoms with E-state index in [1.165, 1.54) is 43.9 Å². The van der Waals surface area contributed by atoms with Crippen molar-refractivity contribution in [3.63, 3.8) is 0 Å². The zero-order valence-electron chi connectivity index (χ0n) is 19.8. The summed E-state index contributed by atoms with van der Waals surface area (Å²) in [6.07, 6.45) is 2.14. The van der Waals surface area contributed by atoms with Gasteiger partial charge in [0.1, 0.15) is 11.4 Å². The Balaban J connectivity index is 1.55. The minimum atomic E-state index is -0.862. The molecule has 1 aliphatic rings. The lowest BCUT2D eigenvalue weighted by Gasteiger charge is -2.22. The Morgan fingerprint density at radius 2 is 1.80 bits per heavy atom. The predicted octanol–water partition coefficient (Wildman–Crippen LogP) is 0.891. The van der Waals surface area contributed by atoms with E-state index in [1.807, 2.05) is 0 Å². The van der Waals surface area contributed by atoms with Crippen molar-refractivity contribution < 1.29 is 23.5 Å². The standard InChI is InChI=1S/C23H26FN7O4/c1-28(2)22(34)18(32)19-26-27-23-25-20(35-3)17(14-31(19)23)21(33)30-10-4-9-29(11-12-30)13-15-5-7-16(24)8-6-15/h5-8,14H,4,9-13H2,1-3H3. The Morgan fingerprint density at radius 1 is 1.06 bits per heavy atom. The molecule has 3 aromatic rings. The molecule has 2 amide bonds. The predicted molar refractivity (Wildman–Crippen MR) is 123 cm³/mol. The van der Waals surface area contributed by atoms with E-state index >= 15 is 0 Å². The van der Waals surface area contributed by atoms with Crippen molar-refractivity contribution in [3.05, 3.63) is 53.2 Å². The third-order valence-corrected chi connectivity index (χ3v) is 5.79. The molecule has 1 fully saturated rings. The second-order valence-electron chi connectivity index (χ2n) is 8.43. The summed E-state index contributed by atoms with van der Waals surface area (Å²) in [5.74, 6) is -2.36. The summed E-state index contributed by atoms with van der Waals surface area (Å²) in [6, 6.07) is 6.39. The molecule has 0 aliphatic carbocycles. The van der Waals surface area contributed by atoms with E-state index in [2.05, 4.69) is 20.1 Å². The van der Waals surface area contributed by atoms with Crippen LogP contribution in [0, 0.1) is 5.82 Å². The fraction of sp³-hybridized carbons (Fsp3) is 0.391. The van der Waals surface area contributed by atoms with Crippen LogP contribution in [0.5, 0.6) is 5.88 Å². The number of Topliss-reactive ketones (excluding diaryl/α,β-unsaturated/α-hetero) is 1. The molecule has 1 aromatic carbocycles. The summed E-state index contributed by atoms with van der Waals surface area (Å²) in [5.41, 5.74) is 1.14. The Labute approximate surface area is 201 Å². The van der Waals surface area contributed by atoms with Gasteiger partial charge in [-0.25, -0.2) is 4.39 Å². The molecule has 35 heavy (non-hydrogen) atoms. The third-order valence-electron chi connectivity index (χ3n) is 5.79. The number of hydrogen-bond acceptors (Lipinski definition) is 8. The number of ether oxygens (including phenoxy) is 1. The Kier molecular flexibility index (Phi) is 7.01. The van der Waals surface area contributed by atoms with Crippen molar-refractivity contribution >= 4 is 23.4 Å². The number of ketones is 1. The van der Waals surface area contributed by atoms with Crippen LogP contribution in [0.4, 0.5) is 4.39 Å². The minimum Gasteiger partial charge on any atom is -0.480 e. The summed E-state index contributed by atoms with van der Waals surface area (Å²) in [5, 5.41) is 7.65. The summed E-state index contributed by atoms with van der Waals surface area (Å²) in [4.78, 5) is 47.4. The number of rotatable bonds is 6. The summed E-state index contributed by atoms with van der Waals surface area (Å²) in [6.45, 7) is 3.06. The summed E-state index contributed by atoms with van der Waals surface area (Å²) >= 11 is 0. The number of carbonyl (C=O) groups is 3. The van der Waals surface area contributed by atoms with Crippen molar-refractivity contribution in [2.75, 3.05) is 47.4 Å². The quantitative estimate of drug-likeness (QED) is 0.375. The van der Waals surface area contributed by atoms with Gasteiger partial charge in [-0.3, -0.25) is 23.7 Å². The molecule has 3 heterocycles. The van der Waals surface area contributed by atoms with Crippen LogP contribution < -0.4 is 4.74 Å². The van der Waals surface area contributed by atoms with E-state index < -0.39 is 11.7 Å². The van der Waals surface area contributed by atoms with E-state index in [4.69, 9.17) is 4.74 Å². The highest BCUT2D eigenvalue weighted by atomic mass is 19.1. The van der Waals surface area contributed by atoms with Gasteiger partial charge in [-0.2, -0.15) is 4.98 Å². The molecule has 12 heteroatoms. The van der Waals surface area contributed by atoms with Crippen LogP contribution in [0.3, 0.4) is 0 Å². The number of nitrogens with zero attached hydrogens (tertiary/aromatic N) is 7. The third kappa shape index (κ3) is 5.11. The van der Waals surface area contributed by atoms with Gasteiger partial charge >= 0.3 is 0 Å². The second kappa shape index (κ2) is 10.1. The van der Waals surface area contributed by atoms with Crippen LogP contribution >= 0.6 is 0 Å². The zero-order chi connectivity index (χ0) is 25.1. The molecule has 4 rings (SSSR count). The largest absolute Gasteiger partial charge is 0.480 e.